The third kappa shape index (κ3) is 3.88. The average molecular weight is 192 g/mol. The molecule has 1 heterocycles. The molecule has 78 valence electrons. The lowest BCUT2D eigenvalue weighted by atomic mass is 10.1. The smallest absolute Gasteiger partial charge is 0.0270 e. The SMILES string of the molecule is CCN(CC)CCCc1ccncc1. The molecule has 0 aliphatic rings. The van der Waals surface area contributed by atoms with Gasteiger partial charge >= 0.3 is 0 Å². The van der Waals surface area contributed by atoms with Crippen LogP contribution in [0.4, 0.5) is 0 Å². The molecule has 0 atom stereocenters. The Morgan fingerprint density at radius 3 is 2.36 bits per heavy atom. The van der Waals surface area contributed by atoms with Gasteiger partial charge in [0.2, 0.25) is 0 Å². The van der Waals surface area contributed by atoms with Gasteiger partial charge in [0.25, 0.3) is 0 Å². The van der Waals surface area contributed by atoms with Gasteiger partial charge < -0.3 is 4.90 Å². The van der Waals surface area contributed by atoms with Crippen LogP contribution >= 0.6 is 0 Å². The molecule has 1 rings (SSSR count). The lowest BCUT2D eigenvalue weighted by Gasteiger charge is -2.17. The maximum Gasteiger partial charge on any atom is 0.0270 e. The van der Waals surface area contributed by atoms with Crippen molar-refractivity contribution in [2.45, 2.75) is 26.7 Å². The van der Waals surface area contributed by atoms with Crippen molar-refractivity contribution < 1.29 is 0 Å². The zero-order valence-corrected chi connectivity index (χ0v) is 9.24. The van der Waals surface area contributed by atoms with E-state index in [-0.39, 0.29) is 0 Å². The number of hydrogen-bond donors (Lipinski definition) is 0. The molecule has 1 aromatic rings. The maximum absolute atomic E-state index is 4.01. The van der Waals surface area contributed by atoms with E-state index >= 15 is 0 Å². The molecule has 2 nitrogen and oxygen atoms in total. The highest BCUT2D eigenvalue weighted by molar-refractivity contribution is 5.09. The molecule has 0 aromatic carbocycles. The van der Waals surface area contributed by atoms with E-state index < -0.39 is 0 Å². The van der Waals surface area contributed by atoms with E-state index in [1.54, 1.807) is 0 Å². The highest BCUT2D eigenvalue weighted by Crippen LogP contribution is 2.01. The third-order valence-electron chi connectivity index (χ3n) is 2.58. The van der Waals surface area contributed by atoms with Gasteiger partial charge in [0.1, 0.15) is 0 Å². The minimum Gasteiger partial charge on any atom is -0.304 e. The Labute approximate surface area is 87.0 Å². The van der Waals surface area contributed by atoms with Gasteiger partial charge in [0, 0.05) is 12.4 Å². The van der Waals surface area contributed by atoms with Crippen molar-refractivity contribution in [3.63, 3.8) is 0 Å². The average Bonchev–Trinajstić information content (AvgIpc) is 2.26. The molecule has 0 amide bonds. The number of pyridine rings is 1. The molecule has 0 radical (unpaired) electrons. The fourth-order valence-electron chi connectivity index (χ4n) is 1.60. The van der Waals surface area contributed by atoms with Gasteiger partial charge in [-0.2, -0.15) is 0 Å². The van der Waals surface area contributed by atoms with Crippen LogP contribution in [0.2, 0.25) is 0 Å². The van der Waals surface area contributed by atoms with Gasteiger partial charge in [-0.25, -0.2) is 0 Å². The Kier molecular flexibility index (Phi) is 5.23. The second-order valence-electron chi connectivity index (χ2n) is 3.49. The van der Waals surface area contributed by atoms with Gasteiger partial charge in [-0.05, 0) is 50.2 Å². The number of aryl methyl sites for hydroxylation is 1. The van der Waals surface area contributed by atoms with Crippen molar-refractivity contribution in [3.05, 3.63) is 30.1 Å². The van der Waals surface area contributed by atoms with Crippen LogP contribution in [0.15, 0.2) is 24.5 Å². The highest BCUT2D eigenvalue weighted by Gasteiger charge is 1.98. The normalized spacial score (nSPS) is 10.8. The summed E-state index contributed by atoms with van der Waals surface area (Å²) in [5.74, 6) is 0. The summed E-state index contributed by atoms with van der Waals surface area (Å²) in [5.41, 5.74) is 1.40. The lowest BCUT2D eigenvalue weighted by molar-refractivity contribution is 0.300. The van der Waals surface area contributed by atoms with Crippen molar-refractivity contribution in [1.82, 2.24) is 9.88 Å². The van der Waals surface area contributed by atoms with Crippen molar-refractivity contribution >= 4 is 0 Å². The first-order valence-electron chi connectivity index (χ1n) is 5.48. The molecule has 0 unspecified atom stereocenters. The molecule has 0 N–H and O–H groups in total. The van der Waals surface area contributed by atoms with Crippen LogP contribution < -0.4 is 0 Å². The molecule has 14 heavy (non-hydrogen) atoms. The van der Waals surface area contributed by atoms with Gasteiger partial charge in [0.15, 0.2) is 0 Å². The van der Waals surface area contributed by atoms with Gasteiger partial charge in [-0.1, -0.05) is 13.8 Å². The van der Waals surface area contributed by atoms with E-state index in [1.165, 1.54) is 24.9 Å². The number of nitrogens with zero attached hydrogens (tertiary/aromatic N) is 2. The van der Waals surface area contributed by atoms with Crippen LogP contribution in [-0.2, 0) is 6.42 Å². The number of aromatic nitrogens is 1. The number of hydrogen-bond acceptors (Lipinski definition) is 2. The van der Waals surface area contributed by atoms with Crippen molar-refractivity contribution in [2.75, 3.05) is 19.6 Å². The van der Waals surface area contributed by atoms with Gasteiger partial charge in [-0.3, -0.25) is 4.98 Å². The van der Waals surface area contributed by atoms with Crippen molar-refractivity contribution in [3.8, 4) is 0 Å². The molecule has 0 fully saturated rings. The predicted molar refractivity (Wildman–Crippen MR) is 60.3 cm³/mol. The van der Waals surface area contributed by atoms with Gasteiger partial charge in [0.05, 0.1) is 0 Å². The fraction of sp³-hybridized carbons (Fsp3) is 0.583. The summed E-state index contributed by atoms with van der Waals surface area (Å²) in [4.78, 5) is 6.47. The topological polar surface area (TPSA) is 16.1 Å². The molecule has 0 aliphatic heterocycles. The largest absolute Gasteiger partial charge is 0.304 e. The van der Waals surface area contributed by atoms with Crippen LogP contribution in [0, 0.1) is 0 Å². The van der Waals surface area contributed by atoms with E-state index in [0.717, 1.165) is 13.1 Å². The Bertz CT molecular complexity index is 229. The summed E-state index contributed by atoms with van der Waals surface area (Å²) in [6.07, 6.45) is 6.14. The highest BCUT2D eigenvalue weighted by atomic mass is 15.1. The first-order chi connectivity index (χ1) is 6.86. The quantitative estimate of drug-likeness (QED) is 0.688. The molecular weight excluding hydrogens is 172 g/mol. The molecule has 2 heteroatoms. The fourth-order valence-corrected chi connectivity index (χ4v) is 1.60. The summed E-state index contributed by atoms with van der Waals surface area (Å²) in [6.45, 7) is 7.96. The van der Waals surface area contributed by atoms with Crippen molar-refractivity contribution in [2.24, 2.45) is 0 Å². The van der Waals surface area contributed by atoms with Crippen LogP contribution in [0.5, 0.6) is 0 Å². The third-order valence-corrected chi connectivity index (χ3v) is 2.58. The van der Waals surface area contributed by atoms with E-state index in [2.05, 4.69) is 35.9 Å². The maximum atomic E-state index is 4.01. The van der Waals surface area contributed by atoms with Crippen LogP contribution in [0.1, 0.15) is 25.8 Å². The Morgan fingerprint density at radius 2 is 1.79 bits per heavy atom. The van der Waals surface area contributed by atoms with E-state index in [1.807, 2.05) is 12.4 Å². The summed E-state index contributed by atoms with van der Waals surface area (Å²) in [7, 11) is 0. The molecule has 0 saturated carbocycles. The monoisotopic (exact) mass is 192 g/mol. The predicted octanol–water partition coefficient (Wildman–Crippen LogP) is 2.36. The van der Waals surface area contributed by atoms with E-state index in [0.29, 0.717) is 0 Å². The number of rotatable bonds is 6. The molecule has 0 bridgehead atoms. The molecule has 0 aliphatic carbocycles. The van der Waals surface area contributed by atoms with E-state index in [4.69, 9.17) is 0 Å². The summed E-state index contributed by atoms with van der Waals surface area (Å²) in [6, 6.07) is 4.20. The zero-order chi connectivity index (χ0) is 10.2. The first kappa shape index (κ1) is 11.2. The second kappa shape index (κ2) is 6.55. The second-order valence-corrected chi connectivity index (χ2v) is 3.49. The van der Waals surface area contributed by atoms with Crippen LogP contribution in [0.25, 0.3) is 0 Å². The van der Waals surface area contributed by atoms with Crippen molar-refractivity contribution in [1.29, 1.82) is 0 Å². The van der Waals surface area contributed by atoms with Crippen LogP contribution in [0.3, 0.4) is 0 Å². The van der Waals surface area contributed by atoms with Crippen LogP contribution in [-0.4, -0.2) is 29.5 Å². The molecule has 0 spiro atoms. The zero-order valence-electron chi connectivity index (χ0n) is 9.24. The van der Waals surface area contributed by atoms with Gasteiger partial charge in [-0.15, -0.1) is 0 Å². The Morgan fingerprint density at radius 1 is 1.14 bits per heavy atom. The molecule has 1 aromatic heterocycles. The lowest BCUT2D eigenvalue weighted by Crippen LogP contribution is -2.24. The summed E-state index contributed by atoms with van der Waals surface area (Å²) >= 11 is 0. The Hall–Kier alpha value is -0.890. The summed E-state index contributed by atoms with van der Waals surface area (Å²) < 4.78 is 0. The summed E-state index contributed by atoms with van der Waals surface area (Å²) in [5, 5.41) is 0. The standard InChI is InChI=1S/C12H20N2/c1-3-14(4-2)11-5-6-12-7-9-13-10-8-12/h7-10H,3-6,11H2,1-2H3. The molecular formula is C12H20N2. The molecule has 0 saturated heterocycles. The minimum absolute atomic E-state index is 1.16. The van der Waals surface area contributed by atoms with E-state index in [9.17, 15) is 0 Å². The first-order valence-corrected chi connectivity index (χ1v) is 5.48. The minimum atomic E-state index is 1.16. The Balaban J connectivity index is 2.21.